The van der Waals surface area contributed by atoms with Crippen molar-refractivity contribution in [3.05, 3.63) is 6.20 Å². The molecule has 1 heterocycles. The lowest BCUT2D eigenvalue weighted by Crippen LogP contribution is -2.15. The van der Waals surface area contributed by atoms with Gasteiger partial charge in [-0.05, 0) is 12.3 Å². The fourth-order valence-electron chi connectivity index (χ4n) is 1.53. The molecule has 0 saturated heterocycles. The highest BCUT2D eigenvalue weighted by atomic mass is 32.1. The standard InChI is InChI=1S/C9H15N3S/c10-8-6-12-9(13-8)11-5-4-7-2-1-3-7/h6-7H,1-5,10H2,(H,11,12). The van der Waals surface area contributed by atoms with E-state index in [0.29, 0.717) is 0 Å². The summed E-state index contributed by atoms with van der Waals surface area (Å²) in [6, 6.07) is 0. The Kier molecular flexibility index (Phi) is 2.68. The minimum Gasteiger partial charge on any atom is -0.389 e. The van der Waals surface area contributed by atoms with Crippen molar-refractivity contribution in [1.82, 2.24) is 4.98 Å². The van der Waals surface area contributed by atoms with Crippen LogP contribution in [0.15, 0.2) is 6.20 Å². The highest BCUT2D eigenvalue weighted by molar-refractivity contribution is 7.19. The number of anilines is 2. The van der Waals surface area contributed by atoms with Crippen molar-refractivity contribution < 1.29 is 0 Å². The Hall–Kier alpha value is -0.770. The quantitative estimate of drug-likeness (QED) is 0.779. The number of hydrogen-bond acceptors (Lipinski definition) is 4. The van der Waals surface area contributed by atoms with Crippen LogP contribution in [-0.4, -0.2) is 11.5 Å². The van der Waals surface area contributed by atoms with Crippen molar-refractivity contribution >= 4 is 21.5 Å². The number of nitrogen functional groups attached to an aromatic ring is 1. The minimum absolute atomic E-state index is 0.783. The maximum absolute atomic E-state index is 5.56. The maximum Gasteiger partial charge on any atom is 0.184 e. The molecule has 0 radical (unpaired) electrons. The number of aromatic nitrogens is 1. The lowest BCUT2D eigenvalue weighted by molar-refractivity contribution is 0.303. The second kappa shape index (κ2) is 3.96. The molecule has 0 atom stereocenters. The lowest BCUT2D eigenvalue weighted by atomic mass is 9.83. The summed E-state index contributed by atoms with van der Waals surface area (Å²) in [6.07, 6.45) is 7.24. The third-order valence-corrected chi connectivity index (χ3v) is 3.36. The molecule has 3 N–H and O–H groups in total. The number of nitrogens with zero attached hydrogens (tertiary/aromatic N) is 1. The molecule has 13 heavy (non-hydrogen) atoms. The molecule has 0 amide bonds. The molecule has 72 valence electrons. The first-order valence-corrected chi connectivity index (χ1v) is 5.61. The van der Waals surface area contributed by atoms with E-state index in [-0.39, 0.29) is 0 Å². The van der Waals surface area contributed by atoms with Crippen LogP contribution in [0.2, 0.25) is 0 Å². The Balaban J connectivity index is 1.67. The zero-order chi connectivity index (χ0) is 9.10. The molecule has 1 aliphatic carbocycles. The van der Waals surface area contributed by atoms with Crippen LogP contribution in [0.4, 0.5) is 10.1 Å². The molecule has 1 aromatic rings. The van der Waals surface area contributed by atoms with Crippen molar-refractivity contribution in [3.8, 4) is 0 Å². The predicted octanol–water partition coefficient (Wildman–Crippen LogP) is 2.33. The fourth-order valence-corrected chi connectivity index (χ4v) is 2.14. The molecule has 1 aliphatic rings. The molecule has 1 saturated carbocycles. The van der Waals surface area contributed by atoms with Gasteiger partial charge in [-0.2, -0.15) is 0 Å². The summed E-state index contributed by atoms with van der Waals surface area (Å²) in [5.41, 5.74) is 5.56. The summed E-state index contributed by atoms with van der Waals surface area (Å²) in [7, 11) is 0. The summed E-state index contributed by atoms with van der Waals surface area (Å²) in [5, 5.41) is 5.03. The smallest absolute Gasteiger partial charge is 0.184 e. The average Bonchev–Trinajstić information content (AvgIpc) is 2.42. The number of thiazole rings is 1. The predicted molar refractivity (Wildman–Crippen MR) is 57.0 cm³/mol. The fraction of sp³-hybridized carbons (Fsp3) is 0.667. The van der Waals surface area contributed by atoms with Crippen LogP contribution >= 0.6 is 11.3 Å². The van der Waals surface area contributed by atoms with E-state index in [4.69, 9.17) is 5.73 Å². The molecule has 2 rings (SSSR count). The van der Waals surface area contributed by atoms with Gasteiger partial charge in [-0.1, -0.05) is 30.6 Å². The van der Waals surface area contributed by atoms with Gasteiger partial charge >= 0.3 is 0 Å². The van der Waals surface area contributed by atoms with E-state index in [1.54, 1.807) is 6.20 Å². The molecule has 1 fully saturated rings. The van der Waals surface area contributed by atoms with Gasteiger partial charge in [0.1, 0.15) is 5.00 Å². The molecule has 0 bridgehead atoms. The van der Waals surface area contributed by atoms with Crippen molar-refractivity contribution in [1.29, 1.82) is 0 Å². The second-order valence-electron chi connectivity index (χ2n) is 3.58. The van der Waals surface area contributed by atoms with Crippen LogP contribution in [0.1, 0.15) is 25.7 Å². The van der Waals surface area contributed by atoms with E-state index < -0.39 is 0 Å². The Morgan fingerprint density at radius 3 is 3.00 bits per heavy atom. The molecular weight excluding hydrogens is 182 g/mol. The highest BCUT2D eigenvalue weighted by Gasteiger charge is 2.16. The molecule has 0 unspecified atom stereocenters. The average molecular weight is 197 g/mol. The highest BCUT2D eigenvalue weighted by Crippen LogP contribution is 2.29. The Morgan fingerprint density at radius 2 is 2.46 bits per heavy atom. The Morgan fingerprint density at radius 1 is 1.62 bits per heavy atom. The van der Waals surface area contributed by atoms with Gasteiger partial charge in [0, 0.05) is 6.54 Å². The first-order valence-electron chi connectivity index (χ1n) is 4.80. The van der Waals surface area contributed by atoms with E-state index in [1.807, 2.05) is 0 Å². The zero-order valence-electron chi connectivity index (χ0n) is 7.62. The largest absolute Gasteiger partial charge is 0.389 e. The van der Waals surface area contributed by atoms with Gasteiger partial charge in [0.25, 0.3) is 0 Å². The lowest BCUT2D eigenvalue weighted by Gasteiger charge is -2.24. The van der Waals surface area contributed by atoms with E-state index in [0.717, 1.165) is 22.6 Å². The summed E-state index contributed by atoms with van der Waals surface area (Å²) in [4.78, 5) is 4.14. The van der Waals surface area contributed by atoms with Crippen LogP contribution in [0.25, 0.3) is 0 Å². The summed E-state index contributed by atoms with van der Waals surface area (Å²) >= 11 is 1.52. The third-order valence-electron chi connectivity index (χ3n) is 2.58. The van der Waals surface area contributed by atoms with Crippen molar-refractivity contribution in [2.75, 3.05) is 17.6 Å². The van der Waals surface area contributed by atoms with Crippen LogP contribution in [0.5, 0.6) is 0 Å². The number of nitrogens with two attached hydrogens (primary N) is 1. The summed E-state index contributed by atoms with van der Waals surface area (Å²) in [5.74, 6) is 0.963. The topological polar surface area (TPSA) is 50.9 Å². The van der Waals surface area contributed by atoms with Crippen LogP contribution in [0, 0.1) is 5.92 Å². The van der Waals surface area contributed by atoms with Gasteiger partial charge in [0.15, 0.2) is 5.13 Å². The first-order chi connectivity index (χ1) is 6.34. The van der Waals surface area contributed by atoms with Gasteiger partial charge in [-0.25, -0.2) is 4.98 Å². The number of hydrogen-bond donors (Lipinski definition) is 2. The van der Waals surface area contributed by atoms with Crippen LogP contribution < -0.4 is 11.1 Å². The van der Waals surface area contributed by atoms with Gasteiger partial charge in [-0.15, -0.1) is 0 Å². The van der Waals surface area contributed by atoms with E-state index >= 15 is 0 Å². The van der Waals surface area contributed by atoms with E-state index in [1.165, 1.54) is 37.0 Å². The molecule has 0 aliphatic heterocycles. The van der Waals surface area contributed by atoms with Gasteiger partial charge in [0.05, 0.1) is 6.20 Å². The first kappa shape index (κ1) is 8.81. The summed E-state index contributed by atoms with van der Waals surface area (Å²) < 4.78 is 0. The third kappa shape index (κ3) is 2.34. The van der Waals surface area contributed by atoms with Crippen LogP contribution in [0.3, 0.4) is 0 Å². The van der Waals surface area contributed by atoms with Crippen LogP contribution in [-0.2, 0) is 0 Å². The van der Waals surface area contributed by atoms with Crippen molar-refractivity contribution in [2.45, 2.75) is 25.7 Å². The van der Waals surface area contributed by atoms with Gasteiger partial charge in [0.2, 0.25) is 0 Å². The maximum atomic E-state index is 5.56. The molecule has 0 spiro atoms. The molecule has 1 aromatic heterocycles. The van der Waals surface area contributed by atoms with E-state index in [9.17, 15) is 0 Å². The number of rotatable bonds is 4. The normalized spacial score (nSPS) is 16.9. The monoisotopic (exact) mass is 197 g/mol. The van der Waals surface area contributed by atoms with Crippen molar-refractivity contribution in [3.63, 3.8) is 0 Å². The molecular formula is C9H15N3S. The molecule has 0 aromatic carbocycles. The Labute approximate surface area is 82.4 Å². The van der Waals surface area contributed by atoms with E-state index in [2.05, 4.69) is 10.3 Å². The minimum atomic E-state index is 0.783. The number of nitrogens with one attached hydrogen (secondary N) is 1. The second-order valence-corrected chi connectivity index (χ2v) is 4.64. The summed E-state index contributed by atoms with van der Waals surface area (Å²) in [6.45, 7) is 1.04. The molecule has 3 nitrogen and oxygen atoms in total. The SMILES string of the molecule is Nc1cnc(NCCC2CCC2)s1. The molecule has 4 heteroatoms. The van der Waals surface area contributed by atoms with Crippen molar-refractivity contribution in [2.24, 2.45) is 5.92 Å². The zero-order valence-corrected chi connectivity index (χ0v) is 8.44. The Bertz CT molecular complexity index is 268. The van der Waals surface area contributed by atoms with Gasteiger partial charge < -0.3 is 11.1 Å². The van der Waals surface area contributed by atoms with Gasteiger partial charge in [-0.3, -0.25) is 0 Å².